The Morgan fingerprint density at radius 2 is 1.84 bits per heavy atom. The summed E-state index contributed by atoms with van der Waals surface area (Å²) in [4.78, 5) is 4.42. The number of rotatable bonds is 3. The minimum atomic E-state index is 0.368. The van der Waals surface area contributed by atoms with Crippen LogP contribution in [0.4, 0.5) is 11.8 Å². The normalized spacial score (nSPS) is 15.0. The van der Waals surface area contributed by atoms with Crippen LogP contribution >= 0.6 is 0 Å². The average Bonchev–Trinajstić information content (AvgIpc) is 3.18. The predicted octanol–water partition coefficient (Wildman–Crippen LogP) is 0.800. The summed E-state index contributed by atoms with van der Waals surface area (Å²) in [5.41, 5.74) is 1.63. The molecule has 0 atom stereocenters. The topological polar surface area (TPSA) is 79.8 Å². The van der Waals surface area contributed by atoms with E-state index < -0.39 is 0 Å². The maximum atomic E-state index is 4.63. The molecule has 0 spiro atoms. The summed E-state index contributed by atoms with van der Waals surface area (Å²) in [6, 6.07) is 10.2. The van der Waals surface area contributed by atoms with Gasteiger partial charge < -0.3 is 9.80 Å². The SMILES string of the molecule is Cc1nnc2ccc(N3CC(N(C)c4nnc5ccccn45)C3)nn12. The molecule has 1 aliphatic rings. The smallest absolute Gasteiger partial charge is 0.231 e. The molecule has 1 aliphatic heterocycles. The lowest BCUT2D eigenvalue weighted by Gasteiger charge is -2.44. The molecule has 126 valence electrons. The van der Waals surface area contributed by atoms with Gasteiger partial charge in [0.1, 0.15) is 5.82 Å². The van der Waals surface area contributed by atoms with Gasteiger partial charge in [-0.2, -0.15) is 4.52 Å². The van der Waals surface area contributed by atoms with Gasteiger partial charge in [-0.3, -0.25) is 4.40 Å². The average molecular weight is 335 g/mol. The fourth-order valence-corrected chi connectivity index (χ4v) is 3.18. The Balaban J connectivity index is 1.36. The first-order valence-electron chi connectivity index (χ1n) is 8.17. The van der Waals surface area contributed by atoms with Crippen molar-refractivity contribution in [2.24, 2.45) is 0 Å². The van der Waals surface area contributed by atoms with Crippen molar-refractivity contribution in [3.05, 3.63) is 42.4 Å². The highest BCUT2D eigenvalue weighted by atomic mass is 15.4. The number of anilines is 2. The maximum absolute atomic E-state index is 4.63. The second kappa shape index (κ2) is 5.13. The molecule has 1 saturated heterocycles. The van der Waals surface area contributed by atoms with Crippen LogP contribution in [0.5, 0.6) is 0 Å². The highest BCUT2D eigenvalue weighted by Gasteiger charge is 2.33. The van der Waals surface area contributed by atoms with Gasteiger partial charge >= 0.3 is 0 Å². The lowest BCUT2D eigenvalue weighted by atomic mass is 10.1. The van der Waals surface area contributed by atoms with Gasteiger partial charge in [-0.25, -0.2) is 0 Å². The zero-order valence-electron chi connectivity index (χ0n) is 14.0. The summed E-state index contributed by atoms with van der Waals surface area (Å²) >= 11 is 0. The number of aromatic nitrogens is 7. The second-order valence-corrected chi connectivity index (χ2v) is 6.31. The summed E-state index contributed by atoms with van der Waals surface area (Å²) in [5.74, 6) is 2.59. The first-order chi connectivity index (χ1) is 12.2. The number of hydrogen-bond acceptors (Lipinski definition) is 7. The zero-order valence-corrected chi connectivity index (χ0v) is 14.0. The van der Waals surface area contributed by atoms with Gasteiger partial charge in [-0.1, -0.05) is 6.07 Å². The molecule has 0 radical (unpaired) electrons. The molecule has 5 heterocycles. The van der Waals surface area contributed by atoms with Crippen LogP contribution in [0.25, 0.3) is 11.3 Å². The molecule has 1 fully saturated rings. The van der Waals surface area contributed by atoms with Gasteiger partial charge in [0.25, 0.3) is 0 Å². The van der Waals surface area contributed by atoms with Crippen LogP contribution in [0.3, 0.4) is 0 Å². The van der Waals surface area contributed by atoms with E-state index in [4.69, 9.17) is 0 Å². The molecule has 0 N–H and O–H groups in total. The monoisotopic (exact) mass is 335 g/mol. The van der Waals surface area contributed by atoms with E-state index in [-0.39, 0.29) is 0 Å². The van der Waals surface area contributed by atoms with E-state index >= 15 is 0 Å². The third-order valence-corrected chi connectivity index (χ3v) is 4.75. The fourth-order valence-electron chi connectivity index (χ4n) is 3.18. The van der Waals surface area contributed by atoms with E-state index in [0.29, 0.717) is 6.04 Å². The van der Waals surface area contributed by atoms with E-state index in [0.717, 1.165) is 42.0 Å². The molecule has 25 heavy (non-hydrogen) atoms. The third-order valence-electron chi connectivity index (χ3n) is 4.75. The van der Waals surface area contributed by atoms with Crippen molar-refractivity contribution in [3.63, 3.8) is 0 Å². The molecule has 4 aromatic heterocycles. The molecule has 0 saturated carbocycles. The molecule has 0 unspecified atom stereocenters. The summed E-state index contributed by atoms with van der Waals surface area (Å²) in [5, 5.41) is 21.3. The molecule has 0 bridgehead atoms. The summed E-state index contributed by atoms with van der Waals surface area (Å²) < 4.78 is 3.78. The Labute approximate surface area is 143 Å². The van der Waals surface area contributed by atoms with Crippen LogP contribution in [-0.2, 0) is 0 Å². The number of fused-ring (bicyclic) bond motifs is 2. The largest absolute Gasteiger partial charge is 0.351 e. The first-order valence-corrected chi connectivity index (χ1v) is 8.17. The third kappa shape index (κ3) is 2.12. The van der Waals surface area contributed by atoms with Gasteiger partial charge in [0.05, 0.1) is 6.04 Å². The van der Waals surface area contributed by atoms with Crippen LogP contribution in [0.2, 0.25) is 0 Å². The summed E-state index contributed by atoms with van der Waals surface area (Å²) in [7, 11) is 2.06. The summed E-state index contributed by atoms with van der Waals surface area (Å²) in [6.07, 6.45) is 1.99. The lowest BCUT2D eigenvalue weighted by molar-refractivity contribution is 0.483. The molecule has 5 rings (SSSR count). The standard InChI is InChI=1S/C16H17N9/c1-11-17-19-14-6-7-15(21-25(11)14)23-9-12(10-23)22(2)16-20-18-13-5-3-4-8-24(13)16/h3-8,12H,9-10H2,1-2H3. The van der Waals surface area contributed by atoms with Crippen molar-refractivity contribution in [3.8, 4) is 0 Å². The Morgan fingerprint density at radius 1 is 1.00 bits per heavy atom. The maximum Gasteiger partial charge on any atom is 0.231 e. The van der Waals surface area contributed by atoms with Crippen molar-refractivity contribution in [2.45, 2.75) is 13.0 Å². The highest BCUT2D eigenvalue weighted by molar-refractivity contribution is 5.51. The van der Waals surface area contributed by atoms with Crippen LogP contribution in [0.15, 0.2) is 36.5 Å². The van der Waals surface area contributed by atoms with Crippen molar-refractivity contribution in [2.75, 3.05) is 29.9 Å². The Bertz CT molecular complexity index is 1060. The lowest BCUT2D eigenvalue weighted by Crippen LogP contribution is -2.59. The number of pyridine rings is 1. The Hall–Kier alpha value is -3.23. The van der Waals surface area contributed by atoms with E-state index in [1.807, 2.05) is 47.9 Å². The molecule has 4 aromatic rings. The minimum Gasteiger partial charge on any atom is -0.351 e. The van der Waals surface area contributed by atoms with Gasteiger partial charge in [0.2, 0.25) is 5.95 Å². The molecular weight excluding hydrogens is 318 g/mol. The van der Waals surface area contributed by atoms with Gasteiger partial charge in [-0.05, 0) is 31.2 Å². The van der Waals surface area contributed by atoms with Crippen molar-refractivity contribution in [1.29, 1.82) is 0 Å². The number of aryl methyl sites for hydroxylation is 1. The van der Waals surface area contributed by atoms with Crippen LogP contribution < -0.4 is 9.80 Å². The Kier molecular flexibility index (Phi) is 2.90. The molecular formula is C16H17N9. The molecule has 9 heteroatoms. The summed E-state index contributed by atoms with van der Waals surface area (Å²) in [6.45, 7) is 3.68. The van der Waals surface area contributed by atoms with Crippen LogP contribution in [0, 0.1) is 6.92 Å². The van der Waals surface area contributed by atoms with Gasteiger partial charge in [0.15, 0.2) is 17.1 Å². The van der Waals surface area contributed by atoms with Gasteiger partial charge in [-0.15, -0.1) is 25.5 Å². The zero-order chi connectivity index (χ0) is 17.0. The highest BCUT2D eigenvalue weighted by Crippen LogP contribution is 2.24. The number of likely N-dealkylation sites (N-methyl/N-ethyl adjacent to an activating group) is 1. The fraction of sp³-hybridized carbons (Fsp3) is 0.312. The first kappa shape index (κ1) is 14.1. The quantitative estimate of drug-likeness (QED) is 0.548. The van der Waals surface area contributed by atoms with Crippen molar-refractivity contribution < 1.29 is 0 Å². The van der Waals surface area contributed by atoms with Crippen molar-refractivity contribution in [1.82, 2.24) is 34.4 Å². The number of nitrogens with zero attached hydrogens (tertiary/aromatic N) is 9. The van der Waals surface area contributed by atoms with Crippen LogP contribution in [0.1, 0.15) is 5.82 Å². The van der Waals surface area contributed by atoms with E-state index in [1.54, 1.807) is 4.52 Å². The minimum absolute atomic E-state index is 0.368. The van der Waals surface area contributed by atoms with Crippen molar-refractivity contribution >= 4 is 23.1 Å². The molecule has 0 amide bonds. The molecule has 0 aliphatic carbocycles. The second-order valence-electron chi connectivity index (χ2n) is 6.31. The van der Waals surface area contributed by atoms with Gasteiger partial charge in [0, 0.05) is 26.3 Å². The molecule has 9 nitrogen and oxygen atoms in total. The number of hydrogen-bond donors (Lipinski definition) is 0. The molecule has 0 aromatic carbocycles. The van der Waals surface area contributed by atoms with Crippen LogP contribution in [-0.4, -0.2) is 60.6 Å². The Morgan fingerprint density at radius 3 is 2.72 bits per heavy atom. The van der Waals surface area contributed by atoms with E-state index in [2.05, 4.69) is 42.3 Å². The van der Waals surface area contributed by atoms with E-state index in [1.165, 1.54) is 0 Å². The van der Waals surface area contributed by atoms with E-state index in [9.17, 15) is 0 Å². The predicted molar refractivity (Wildman–Crippen MR) is 92.9 cm³/mol.